The van der Waals surface area contributed by atoms with Crippen molar-refractivity contribution in [2.24, 2.45) is 0 Å². The van der Waals surface area contributed by atoms with Crippen molar-refractivity contribution >= 4 is 17.8 Å². The third-order valence-corrected chi connectivity index (χ3v) is 4.21. The number of hydrogen-bond acceptors (Lipinski definition) is 6. The second-order valence-corrected chi connectivity index (χ2v) is 6.93. The van der Waals surface area contributed by atoms with E-state index in [9.17, 15) is 14.4 Å². The van der Waals surface area contributed by atoms with Gasteiger partial charge in [-0.2, -0.15) is 0 Å². The fraction of sp³-hybridized carbons (Fsp3) is 0.348. The molecule has 2 aromatic carbocycles. The first-order chi connectivity index (χ1) is 14.4. The van der Waals surface area contributed by atoms with Crippen LogP contribution in [-0.2, 0) is 20.9 Å². The first-order valence-corrected chi connectivity index (χ1v) is 9.74. The molecule has 1 N–H and O–H groups in total. The van der Waals surface area contributed by atoms with E-state index >= 15 is 0 Å². The Balaban J connectivity index is 1.95. The maximum Gasteiger partial charge on any atom is 0.408 e. The lowest BCUT2D eigenvalue weighted by Crippen LogP contribution is -2.43. The zero-order valence-corrected chi connectivity index (χ0v) is 17.4. The number of esters is 1. The van der Waals surface area contributed by atoms with Crippen molar-refractivity contribution in [3.63, 3.8) is 0 Å². The van der Waals surface area contributed by atoms with Gasteiger partial charge in [-0.3, -0.25) is 4.79 Å². The molecular formula is C23H27NO6. The summed E-state index contributed by atoms with van der Waals surface area (Å²) in [5.74, 6) is -0.114. The summed E-state index contributed by atoms with van der Waals surface area (Å²) < 4.78 is 15.5. The molecule has 1 unspecified atom stereocenters. The molecule has 0 spiro atoms. The molecule has 0 heterocycles. The van der Waals surface area contributed by atoms with E-state index in [0.717, 1.165) is 5.56 Å². The molecule has 7 heteroatoms. The van der Waals surface area contributed by atoms with Crippen LogP contribution < -0.4 is 10.1 Å². The number of ether oxygens (including phenoxy) is 3. The third-order valence-electron chi connectivity index (χ3n) is 4.21. The predicted octanol–water partition coefficient (Wildman–Crippen LogP) is 3.90. The van der Waals surface area contributed by atoms with Gasteiger partial charge in [-0.25, -0.2) is 9.59 Å². The molecular weight excluding hydrogens is 386 g/mol. The zero-order chi connectivity index (χ0) is 21.9. The monoisotopic (exact) mass is 413 g/mol. The second kappa shape index (κ2) is 11.6. The number of benzene rings is 2. The Morgan fingerprint density at radius 1 is 0.967 bits per heavy atom. The minimum Gasteiger partial charge on any atom is -0.497 e. The number of nitrogens with one attached hydrogen (secondary N) is 1. The van der Waals surface area contributed by atoms with E-state index in [1.165, 1.54) is 0 Å². The highest BCUT2D eigenvalue weighted by atomic mass is 16.6. The molecule has 0 aromatic heterocycles. The summed E-state index contributed by atoms with van der Waals surface area (Å²) >= 11 is 0. The minimum absolute atomic E-state index is 0.0587. The summed E-state index contributed by atoms with van der Waals surface area (Å²) in [6, 6.07) is 14.9. The number of ketones is 1. The summed E-state index contributed by atoms with van der Waals surface area (Å²) in [6.07, 6.45) is -0.944. The molecule has 0 saturated carbocycles. The number of hydrogen-bond donors (Lipinski definition) is 1. The molecule has 2 aromatic rings. The highest BCUT2D eigenvalue weighted by molar-refractivity contribution is 5.96. The van der Waals surface area contributed by atoms with Crippen molar-refractivity contribution in [2.45, 2.75) is 45.4 Å². The number of Topliss-reactive ketones (excluding diaryl/α,β-unsaturated/α-hetero) is 1. The predicted molar refractivity (Wildman–Crippen MR) is 111 cm³/mol. The normalized spacial score (nSPS) is 11.5. The van der Waals surface area contributed by atoms with Gasteiger partial charge in [-0.15, -0.1) is 0 Å². The van der Waals surface area contributed by atoms with Crippen LogP contribution in [0, 0.1) is 0 Å². The Hall–Kier alpha value is -3.35. The Kier molecular flexibility index (Phi) is 8.87. The van der Waals surface area contributed by atoms with E-state index in [4.69, 9.17) is 14.2 Å². The molecule has 0 bridgehead atoms. The van der Waals surface area contributed by atoms with Crippen LogP contribution in [0.25, 0.3) is 0 Å². The van der Waals surface area contributed by atoms with Crippen molar-refractivity contribution in [2.75, 3.05) is 7.11 Å². The Morgan fingerprint density at radius 3 is 2.23 bits per heavy atom. The number of methoxy groups -OCH3 is 1. The van der Waals surface area contributed by atoms with Crippen molar-refractivity contribution in [3.05, 3.63) is 65.7 Å². The lowest BCUT2D eigenvalue weighted by molar-refractivity contribution is -0.150. The summed E-state index contributed by atoms with van der Waals surface area (Å²) in [7, 11) is 1.55. The van der Waals surface area contributed by atoms with Crippen molar-refractivity contribution < 1.29 is 28.6 Å². The van der Waals surface area contributed by atoms with Gasteiger partial charge < -0.3 is 19.5 Å². The largest absolute Gasteiger partial charge is 0.497 e. The van der Waals surface area contributed by atoms with E-state index in [-0.39, 0.29) is 31.3 Å². The third kappa shape index (κ3) is 7.58. The lowest BCUT2D eigenvalue weighted by Gasteiger charge is -2.19. The molecule has 160 valence electrons. The fourth-order valence-corrected chi connectivity index (χ4v) is 2.67. The minimum atomic E-state index is -0.988. The molecule has 0 fully saturated rings. The molecule has 2 rings (SSSR count). The number of carbonyl (C=O) groups excluding carboxylic acids is 3. The standard InChI is InChI=1S/C23H27NO6/c1-16(2)30-22(26)20(24-23(27)29-15-17-7-5-4-6-8-17)13-14-21(25)18-9-11-19(28-3)12-10-18/h4-12,16,20H,13-15H2,1-3H3,(H,24,27). The van der Waals surface area contributed by atoms with E-state index in [0.29, 0.717) is 11.3 Å². The molecule has 1 amide bonds. The van der Waals surface area contributed by atoms with Gasteiger partial charge in [0.05, 0.1) is 13.2 Å². The maximum absolute atomic E-state index is 12.5. The number of amides is 1. The van der Waals surface area contributed by atoms with Gasteiger partial charge in [-0.05, 0) is 50.1 Å². The van der Waals surface area contributed by atoms with Gasteiger partial charge >= 0.3 is 12.1 Å². The topological polar surface area (TPSA) is 90.9 Å². The van der Waals surface area contributed by atoms with Crippen LogP contribution in [0.3, 0.4) is 0 Å². The zero-order valence-electron chi connectivity index (χ0n) is 17.4. The van der Waals surface area contributed by atoms with E-state index in [1.54, 1.807) is 45.2 Å². The van der Waals surface area contributed by atoms with Crippen LogP contribution in [0.4, 0.5) is 4.79 Å². The number of carbonyl (C=O) groups is 3. The lowest BCUT2D eigenvalue weighted by atomic mass is 10.0. The Morgan fingerprint density at radius 2 is 1.63 bits per heavy atom. The average Bonchev–Trinajstić information content (AvgIpc) is 2.75. The van der Waals surface area contributed by atoms with Crippen LogP contribution in [0.2, 0.25) is 0 Å². The summed E-state index contributed by atoms with van der Waals surface area (Å²) in [5.41, 5.74) is 1.32. The van der Waals surface area contributed by atoms with E-state index < -0.39 is 18.1 Å². The highest BCUT2D eigenvalue weighted by Crippen LogP contribution is 2.14. The fourth-order valence-electron chi connectivity index (χ4n) is 2.67. The molecule has 7 nitrogen and oxygen atoms in total. The van der Waals surface area contributed by atoms with Gasteiger partial charge in [0.15, 0.2) is 5.78 Å². The van der Waals surface area contributed by atoms with Gasteiger partial charge in [-0.1, -0.05) is 30.3 Å². The van der Waals surface area contributed by atoms with Gasteiger partial charge in [0.1, 0.15) is 18.4 Å². The molecule has 0 aliphatic heterocycles. The van der Waals surface area contributed by atoms with Gasteiger partial charge in [0.25, 0.3) is 0 Å². The van der Waals surface area contributed by atoms with Crippen LogP contribution in [0.5, 0.6) is 5.75 Å². The molecule has 0 aliphatic carbocycles. The van der Waals surface area contributed by atoms with Crippen LogP contribution >= 0.6 is 0 Å². The second-order valence-electron chi connectivity index (χ2n) is 6.93. The summed E-state index contributed by atoms with van der Waals surface area (Å²) in [6.45, 7) is 3.50. The smallest absolute Gasteiger partial charge is 0.408 e. The highest BCUT2D eigenvalue weighted by Gasteiger charge is 2.25. The Bertz CT molecular complexity index is 833. The number of rotatable bonds is 10. The van der Waals surface area contributed by atoms with Crippen molar-refractivity contribution in [1.29, 1.82) is 0 Å². The SMILES string of the molecule is COc1ccc(C(=O)CCC(NC(=O)OCc2ccccc2)C(=O)OC(C)C)cc1. The molecule has 0 radical (unpaired) electrons. The molecule has 30 heavy (non-hydrogen) atoms. The van der Waals surface area contributed by atoms with Crippen molar-refractivity contribution in [3.8, 4) is 5.75 Å². The van der Waals surface area contributed by atoms with E-state index in [2.05, 4.69) is 5.32 Å². The average molecular weight is 413 g/mol. The first kappa shape index (κ1) is 22.9. The number of alkyl carbamates (subject to hydrolysis) is 1. The molecule has 0 aliphatic rings. The molecule has 0 saturated heterocycles. The van der Waals surface area contributed by atoms with E-state index in [1.807, 2.05) is 30.3 Å². The van der Waals surface area contributed by atoms with Crippen molar-refractivity contribution in [1.82, 2.24) is 5.32 Å². The summed E-state index contributed by atoms with van der Waals surface area (Å²) in [4.78, 5) is 37.0. The Labute approximate surface area is 176 Å². The van der Waals surface area contributed by atoms with Gasteiger partial charge in [0.2, 0.25) is 0 Å². The first-order valence-electron chi connectivity index (χ1n) is 9.74. The van der Waals surface area contributed by atoms with Crippen LogP contribution in [0.15, 0.2) is 54.6 Å². The van der Waals surface area contributed by atoms with Gasteiger partial charge in [0, 0.05) is 12.0 Å². The maximum atomic E-state index is 12.5. The van der Waals surface area contributed by atoms with Crippen LogP contribution in [-0.4, -0.2) is 37.1 Å². The van der Waals surface area contributed by atoms with Crippen LogP contribution in [0.1, 0.15) is 42.6 Å². The molecule has 1 atom stereocenters. The quantitative estimate of drug-likeness (QED) is 0.469. The summed E-state index contributed by atoms with van der Waals surface area (Å²) in [5, 5.41) is 2.51.